The highest BCUT2D eigenvalue weighted by atomic mass is 19.4. The number of alkyl halides is 5. The predicted octanol–water partition coefficient (Wildman–Crippen LogP) is 3.36. The van der Waals surface area contributed by atoms with Crippen LogP contribution in [0, 0.1) is 12.8 Å². The summed E-state index contributed by atoms with van der Waals surface area (Å²) in [6.45, 7) is 0.813. The van der Waals surface area contributed by atoms with Crippen LogP contribution < -0.4 is 10.6 Å². The number of halogens is 5. The second-order valence-electron chi connectivity index (χ2n) is 10.3. The molecule has 0 bridgehead atoms. The van der Waals surface area contributed by atoms with Gasteiger partial charge in [-0.1, -0.05) is 5.16 Å². The van der Waals surface area contributed by atoms with Gasteiger partial charge in [0.1, 0.15) is 11.7 Å². The van der Waals surface area contributed by atoms with E-state index < -0.39 is 48.7 Å². The minimum atomic E-state index is -4.62. The Morgan fingerprint density at radius 3 is 2.63 bits per heavy atom. The topological polar surface area (TPSA) is 140 Å². The van der Waals surface area contributed by atoms with Crippen molar-refractivity contribution in [3.63, 3.8) is 0 Å². The summed E-state index contributed by atoms with van der Waals surface area (Å²) in [7, 11) is 1.36. The minimum absolute atomic E-state index is 0.0521. The molecule has 3 aromatic rings. The van der Waals surface area contributed by atoms with Crippen molar-refractivity contribution in [1.82, 2.24) is 40.4 Å². The van der Waals surface area contributed by atoms with E-state index in [0.717, 1.165) is 4.90 Å². The van der Waals surface area contributed by atoms with E-state index in [4.69, 9.17) is 4.74 Å². The van der Waals surface area contributed by atoms with Crippen LogP contribution in [0.3, 0.4) is 0 Å². The molecule has 5 rings (SSSR count). The molecule has 3 aromatic heterocycles. The lowest BCUT2D eigenvalue weighted by Crippen LogP contribution is -2.40. The van der Waals surface area contributed by atoms with Crippen LogP contribution in [0.15, 0.2) is 23.1 Å². The molecule has 2 fully saturated rings. The van der Waals surface area contributed by atoms with E-state index in [1.165, 1.54) is 30.9 Å². The number of carbonyl (C=O) groups is 2. The number of nitrogens with one attached hydrogen (secondary N) is 2. The van der Waals surface area contributed by atoms with E-state index in [0.29, 0.717) is 11.3 Å². The molecule has 222 valence electrons. The van der Waals surface area contributed by atoms with E-state index in [1.807, 2.05) is 5.32 Å². The lowest BCUT2D eigenvalue weighted by Gasteiger charge is -2.33. The number of amides is 3. The third-order valence-electron chi connectivity index (χ3n) is 7.48. The number of urea groups is 1. The number of rotatable bonds is 8. The molecule has 1 aliphatic heterocycles. The van der Waals surface area contributed by atoms with Crippen molar-refractivity contribution >= 4 is 17.6 Å². The van der Waals surface area contributed by atoms with Gasteiger partial charge in [0.05, 0.1) is 43.3 Å². The van der Waals surface area contributed by atoms with Gasteiger partial charge in [0.15, 0.2) is 11.3 Å². The van der Waals surface area contributed by atoms with Gasteiger partial charge in [0.25, 0.3) is 5.91 Å². The third-order valence-corrected chi connectivity index (χ3v) is 7.48. The normalized spacial score (nSPS) is 21.2. The first-order chi connectivity index (χ1) is 19.4. The Bertz CT molecular complexity index is 1420. The van der Waals surface area contributed by atoms with Crippen molar-refractivity contribution in [2.75, 3.05) is 20.3 Å². The molecule has 12 nitrogen and oxygen atoms in total. The van der Waals surface area contributed by atoms with Crippen LogP contribution in [0.1, 0.15) is 65.2 Å². The maximum absolute atomic E-state index is 13.9. The molecule has 4 heterocycles. The monoisotopic (exact) mass is 586 g/mol. The number of imidazole rings is 1. The largest absolute Gasteiger partial charge is 0.410 e. The first-order valence-corrected chi connectivity index (χ1v) is 12.8. The fourth-order valence-electron chi connectivity index (χ4n) is 5.25. The molecular formula is C24H27F5N8O4. The van der Waals surface area contributed by atoms with Crippen LogP contribution >= 0.6 is 0 Å². The van der Waals surface area contributed by atoms with Gasteiger partial charge in [-0.25, -0.2) is 27.7 Å². The standard InChI is InChI=1S/C24H27F5N8O4/c1-12-19(35-41-34-12)21(38)33-20(13-3-5-23(25,26)6-4-13)15-9-37-18(31-15)7-14(8-30-37)16(11-40-2)36-10-17(24(27,28)29)32-22(36)39/h7-9,13,16-17,20H,3-6,10-11H2,1-2H3,(H,32,39)(H,33,38). The summed E-state index contributed by atoms with van der Waals surface area (Å²) in [6.07, 6.45) is -2.14. The molecule has 41 heavy (non-hydrogen) atoms. The SMILES string of the molecule is COCC(c1cnn2cc(C(NC(=O)c3nonc3C)C3CCC(F)(F)CC3)nc2c1)N1CC(C(F)(F)F)NC1=O. The van der Waals surface area contributed by atoms with Crippen molar-refractivity contribution in [2.24, 2.45) is 5.92 Å². The Balaban J connectivity index is 1.45. The molecule has 3 unspecified atom stereocenters. The molecule has 3 amide bonds. The fraction of sp³-hybridized carbons (Fsp3) is 0.583. The van der Waals surface area contributed by atoms with E-state index in [1.54, 1.807) is 6.07 Å². The zero-order valence-electron chi connectivity index (χ0n) is 22.0. The summed E-state index contributed by atoms with van der Waals surface area (Å²) in [6, 6.07) is -3.06. The number of aryl methyl sites for hydroxylation is 1. The van der Waals surface area contributed by atoms with Crippen LogP contribution in [0.25, 0.3) is 5.65 Å². The summed E-state index contributed by atoms with van der Waals surface area (Å²) in [5.41, 5.74) is 1.18. The lowest BCUT2D eigenvalue weighted by atomic mass is 9.81. The van der Waals surface area contributed by atoms with Crippen molar-refractivity contribution in [3.8, 4) is 0 Å². The Hall–Kier alpha value is -3.89. The minimum Gasteiger partial charge on any atom is -0.382 e. The van der Waals surface area contributed by atoms with Crippen LogP contribution in [0.4, 0.5) is 26.7 Å². The molecule has 17 heteroatoms. The molecule has 1 aliphatic carbocycles. The maximum atomic E-state index is 13.9. The van der Waals surface area contributed by atoms with E-state index >= 15 is 0 Å². The summed E-state index contributed by atoms with van der Waals surface area (Å²) in [5.74, 6) is -3.79. The van der Waals surface area contributed by atoms with Gasteiger partial charge in [-0.15, -0.1) is 0 Å². The Morgan fingerprint density at radius 1 is 1.29 bits per heavy atom. The number of aromatic nitrogens is 5. The van der Waals surface area contributed by atoms with Crippen molar-refractivity contribution in [3.05, 3.63) is 41.1 Å². The highest BCUT2D eigenvalue weighted by Crippen LogP contribution is 2.41. The molecule has 1 saturated heterocycles. The molecule has 2 N–H and O–H groups in total. The zero-order valence-corrected chi connectivity index (χ0v) is 22.0. The first-order valence-electron chi connectivity index (χ1n) is 12.8. The lowest BCUT2D eigenvalue weighted by molar-refractivity contribution is -0.150. The third kappa shape index (κ3) is 5.94. The highest BCUT2D eigenvalue weighted by Gasteiger charge is 2.48. The van der Waals surface area contributed by atoms with Gasteiger partial charge < -0.3 is 20.3 Å². The number of nitrogens with zero attached hydrogens (tertiary/aromatic N) is 6. The fourth-order valence-corrected chi connectivity index (χ4v) is 5.25. The summed E-state index contributed by atoms with van der Waals surface area (Å²) in [5, 5.41) is 16.3. The van der Waals surface area contributed by atoms with Crippen LogP contribution in [0.2, 0.25) is 0 Å². The van der Waals surface area contributed by atoms with Crippen LogP contribution in [0.5, 0.6) is 0 Å². The number of hydrogen-bond donors (Lipinski definition) is 2. The molecular weight excluding hydrogens is 559 g/mol. The average Bonchev–Trinajstić information content (AvgIpc) is 3.63. The number of hydrogen-bond acceptors (Lipinski definition) is 8. The van der Waals surface area contributed by atoms with Gasteiger partial charge in [0, 0.05) is 25.5 Å². The van der Waals surface area contributed by atoms with Crippen molar-refractivity contribution in [1.29, 1.82) is 0 Å². The highest BCUT2D eigenvalue weighted by molar-refractivity contribution is 5.93. The van der Waals surface area contributed by atoms with Gasteiger partial charge >= 0.3 is 12.2 Å². The zero-order chi connectivity index (χ0) is 29.5. The molecule has 1 saturated carbocycles. The van der Waals surface area contributed by atoms with Crippen LogP contribution in [-0.2, 0) is 4.74 Å². The average molecular weight is 587 g/mol. The molecule has 0 aromatic carbocycles. The van der Waals surface area contributed by atoms with Gasteiger partial charge in [-0.3, -0.25) is 4.79 Å². The van der Waals surface area contributed by atoms with Crippen molar-refractivity contribution in [2.45, 2.75) is 62.8 Å². The van der Waals surface area contributed by atoms with Gasteiger partial charge in [-0.05, 0) is 36.9 Å². The second kappa shape index (κ2) is 10.8. The Morgan fingerprint density at radius 2 is 2.02 bits per heavy atom. The second-order valence-corrected chi connectivity index (χ2v) is 10.3. The van der Waals surface area contributed by atoms with Crippen molar-refractivity contribution < 1.29 is 40.9 Å². The summed E-state index contributed by atoms with van der Waals surface area (Å²) in [4.78, 5) is 31.0. The van der Waals surface area contributed by atoms with E-state index in [2.05, 4.69) is 30.3 Å². The molecule has 0 spiro atoms. The van der Waals surface area contributed by atoms with E-state index in [9.17, 15) is 31.5 Å². The predicted molar refractivity (Wildman–Crippen MR) is 129 cm³/mol. The van der Waals surface area contributed by atoms with Gasteiger partial charge in [0.2, 0.25) is 5.92 Å². The summed E-state index contributed by atoms with van der Waals surface area (Å²) < 4.78 is 78.8. The summed E-state index contributed by atoms with van der Waals surface area (Å²) >= 11 is 0. The molecule has 2 aliphatic rings. The Kier molecular flexibility index (Phi) is 7.56. The number of methoxy groups -OCH3 is 1. The first kappa shape index (κ1) is 28.6. The maximum Gasteiger partial charge on any atom is 0.410 e. The smallest absolute Gasteiger partial charge is 0.382 e. The molecule has 0 radical (unpaired) electrons. The van der Waals surface area contributed by atoms with Gasteiger partial charge in [-0.2, -0.15) is 18.3 Å². The number of fused-ring (bicyclic) bond motifs is 1. The number of carbonyl (C=O) groups excluding carboxylic acids is 2. The quantitative estimate of drug-likeness (QED) is 0.383. The molecule has 3 atom stereocenters. The van der Waals surface area contributed by atoms with Crippen LogP contribution in [-0.4, -0.2) is 80.2 Å². The Labute approximate surface area is 229 Å². The van der Waals surface area contributed by atoms with E-state index in [-0.39, 0.29) is 55.2 Å². The number of ether oxygens (including phenoxy) is 1.